The Labute approximate surface area is 117 Å². The number of pyridine rings is 1. The summed E-state index contributed by atoms with van der Waals surface area (Å²) < 4.78 is 0. The van der Waals surface area contributed by atoms with Crippen LogP contribution >= 0.6 is 0 Å². The standard InChI is InChI=1S/C13H20N4O3/c1-2-14-11-6-5-10(17(19)20)12(15-11)16-13(9-18)7-3-4-8-13/h5-6,18H,2-4,7-9H2,1H3,(H2,14,15,16). The van der Waals surface area contributed by atoms with Crippen molar-refractivity contribution in [2.45, 2.75) is 38.1 Å². The van der Waals surface area contributed by atoms with Gasteiger partial charge in [-0.3, -0.25) is 10.1 Å². The first kappa shape index (κ1) is 14.5. The first-order valence-corrected chi connectivity index (χ1v) is 6.88. The van der Waals surface area contributed by atoms with E-state index in [4.69, 9.17) is 0 Å². The lowest BCUT2D eigenvalue weighted by Gasteiger charge is -2.28. The molecular weight excluding hydrogens is 260 g/mol. The normalized spacial score (nSPS) is 16.9. The van der Waals surface area contributed by atoms with Crippen LogP contribution in [0.3, 0.4) is 0 Å². The predicted octanol–water partition coefficient (Wildman–Crippen LogP) is 2.14. The third-order valence-electron chi connectivity index (χ3n) is 3.68. The highest BCUT2D eigenvalue weighted by Gasteiger charge is 2.35. The molecule has 0 bridgehead atoms. The fourth-order valence-electron chi connectivity index (χ4n) is 2.60. The van der Waals surface area contributed by atoms with Crippen LogP contribution in [0.2, 0.25) is 0 Å². The SMILES string of the molecule is CCNc1ccc([N+](=O)[O-])c(NC2(CO)CCCC2)n1. The number of aliphatic hydroxyl groups excluding tert-OH is 1. The summed E-state index contributed by atoms with van der Waals surface area (Å²) in [7, 11) is 0. The zero-order valence-corrected chi connectivity index (χ0v) is 11.6. The Morgan fingerprint density at radius 1 is 1.45 bits per heavy atom. The summed E-state index contributed by atoms with van der Waals surface area (Å²) in [5.41, 5.74) is -0.547. The number of nitrogens with zero attached hydrogens (tertiary/aromatic N) is 2. The third kappa shape index (κ3) is 2.98. The quantitative estimate of drug-likeness (QED) is 0.545. The number of hydrogen-bond donors (Lipinski definition) is 3. The van der Waals surface area contributed by atoms with E-state index in [-0.39, 0.29) is 18.1 Å². The van der Waals surface area contributed by atoms with Crippen LogP contribution in [0.4, 0.5) is 17.3 Å². The summed E-state index contributed by atoms with van der Waals surface area (Å²) in [4.78, 5) is 14.9. The minimum Gasteiger partial charge on any atom is -0.394 e. The molecule has 0 aromatic carbocycles. The predicted molar refractivity (Wildman–Crippen MR) is 77.0 cm³/mol. The summed E-state index contributed by atoms with van der Waals surface area (Å²) in [5.74, 6) is 0.816. The number of anilines is 2. The van der Waals surface area contributed by atoms with Gasteiger partial charge >= 0.3 is 5.69 Å². The molecule has 0 radical (unpaired) electrons. The van der Waals surface area contributed by atoms with Crippen LogP contribution in [0.25, 0.3) is 0 Å². The molecule has 1 aromatic rings. The van der Waals surface area contributed by atoms with Gasteiger partial charge in [0.2, 0.25) is 5.82 Å². The molecule has 7 heteroatoms. The van der Waals surface area contributed by atoms with E-state index in [2.05, 4.69) is 15.6 Å². The van der Waals surface area contributed by atoms with E-state index in [0.717, 1.165) is 25.7 Å². The number of nitrogens with one attached hydrogen (secondary N) is 2. The van der Waals surface area contributed by atoms with Gasteiger partial charge in [0.1, 0.15) is 5.82 Å². The van der Waals surface area contributed by atoms with Crippen LogP contribution in [0, 0.1) is 10.1 Å². The molecule has 7 nitrogen and oxygen atoms in total. The largest absolute Gasteiger partial charge is 0.394 e. The maximum Gasteiger partial charge on any atom is 0.311 e. The van der Waals surface area contributed by atoms with Gasteiger partial charge in [-0.1, -0.05) is 12.8 Å². The molecule has 1 aromatic heterocycles. The molecule has 20 heavy (non-hydrogen) atoms. The van der Waals surface area contributed by atoms with Gasteiger partial charge in [-0.05, 0) is 25.8 Å². The molecule has 1 heterocycles. The molecule has 110 valence electrons. The molecule has 1 saturated carbocycles. The highest BCUT2D eigenvalue weighted by Crippen LogP contribution is 2.35. The molecule has 0 amide bonds. The maximum atomic E-state index is 11.1. The molecule has 0 saturated heterocycles. The molecule has 1 aliphatic rings. The highest BCUT2D eigenvalue weighted by atomic mass is 16.6. The highest BCUT2D eigenvalue weighted by molar-refractivity contribution is 5.61. The van der Waals surface area contributed by atoms with E-state index >= 15 is 0 Å². The van der Waals surface area contributed by atoms with Crippen molar-refractivity contribution in [3.8, 4) is 0 Å². The Bertz CT molecular complexity index is 487. The minimum absolute atomic E-state index is 0.0444. The van der Waals surface area contributed by atoms with E-state index in [1.165, 1.54) is 6.07 Å². The Kier molecular flexibility index (Phi) is 4.39. The number of rotatable bonds is 6. The van der Waals surface area contributed by atoms with Crippen molar-refractivity contribution in [2.75, 3.05) is 23.8 Å². The Balaban J connectivity index is 2.31. The molecule has 1 fully saturated rings. The van der Waals surface area contributed by atoms with Gasteiger partial charge in [0, 0.05) is 12.6 Å². The van der Waals surface area contributed by atoms with Gasteiger partial charge in [0.25, 0.3) is 0 Å². The van der Waals surface area contributed by atoms with E-state index < -0.39 is 10.5 Å². The summed E-state index contributed by atoms with van der Waals surface area (Å²) >= 11 is 0. The van der Waals surface area contributed by atoms with E-state index in [1.807, 2.05) is 6.92 Å². The second kappa shape index (κ2) is 6.04. The second-order valence-corrected chi connectivity index (χ2v) is 5.12. The zero-order chi connectivity index (χ0) is 14.6. The fraction of sp³-hybridized carbons (Fsp3) is 0.615. The number of aromatic nitrogens is 1. The first-order valence-electron chi connectivity index (χ1n) is 6.88. The molecule has 3 N–H and O–H groups in total. The van der Waals surface area contributed by atoms with Crippen molar-refractivity contribution in [3.05, 3.63) is 22.2 Å². The number of aliphatic hydroxyl groups is 1. The van der Waals surface area contributed by atoms with Gasteiger partial charge in [-0.25, -0.2) is 4.98 Å². The van der Waals surface area contributed by atoms with E-state index in [1.54, 1.807) is 6.07 Å². The van der Waals surface area contributed by atoms with Crippen molar-refractivity contribution in [3.63, 3.8) is 0 Å². The van der Waals surface area contributed by atoms with Gasteiger partial charge in [0.15, 0.2) is 0 Å². The number of nitro groups is 1. The lowest BCUT2D eigenvalue weighted by molar-refractivity contribution is -0.384. The van der Waals surface area contributed by atoms with Crippen LogP contribution in [0.5, 0.6) is 0 Å². The molecule has 0 atom stereocenters. The summed E-state index contributed by atoms with van der Waals surface area (Å²) in [6.45, 7) is 2.58. The molecule has 0 aliphatic heterocycles. The fourth-order valence-corrected chi connectivity index (χ4v) is 2.60. The maximum absolute atomic E-state index is 11.1. The zero-order valence-electron chi connectivity index (χ0n) is 11.6. The summed E-state index contributed by atoms with van der Waals surface area (Å²) in [5, 5.41) is 26.8. The summed E-state index contributed by atoms with van der Waals surface area (Å²) in [6, 6.07) is 3.03. The molecule has 0 spiro atoms. The lowest BCUT2D eigenvalue weighted by atomic mass is 9.99. The average molecular weight is 280 g/mol. The molecular formula is C13H20N4O3. The Morgan fingerprint density at radius 2 is 2.15 bits per heavy atom. The Morgan fingerprint density at radius 3 is 2.70 bits per heavy atom. The second-order valence-electron chi connectivity index (χ2n) is 5.12. The van der Waals surface area contributed by atoms with Gasteiger partial charge in [-0.2, -0.15) is 0 Å². The molecule has 0 unspecified atom stereocenters. The van der Waals surface area contributed by atoms with Crippen molar-refractivity contribution in [2.24, 2.45) is 0 Å². The summed E-state index contributed by atoms with van der Waals surface area (Å²) in [6.07, 6.45) is 3.62. The van der Waals surface area contributed by atoms with E-state index in [9.17, 15) is 15.2 Å². The Hall–Kier alpha value is -1.89. The number of hydrogen-bond acceptors (Lipinski definition) is 6. The van der Waals surface area contributed by atoms with Crippen LogP contribution in [-0.2, 0) is 0 Å². The monoisotopic (exact) mass is 280 g/mol. The minimum atomic E-state index is -0.484. The van der Waals surface area contributed by atoms with Crippen molar-refractivity contribution < 1.29 is 10.0 Å². The smallest absolute Gasteiger partial charge is 0.311 e. The van der Waals surface area contributed by atoms with Crippen LogP contribution in [0.1, 0.15) is 32.6 Å². The van der Waals surface area contributed by atoms with Crippen molar-refractivity contribution in [1.29, 1.82) is 0 Å². The van der Waals surface area contributed by atoms with Crippen LogP contribution < -0.4 is 10.6 Å². The van der Waals surface area contributed by atoms with Gasteiger partial charge < -0.3 is 15.7 Å². The van der Waals surface area contributed by atoms with Gasteiger partial charge in [-0.15, -0.1) is 0 Å². The van der Waals surface area contributed by atoms with Crippen molar-refractivity contribution >= 4 is 17.3 Å². The average Bonchev–Trinajstić information content (AvgIpc) is 2.88. The van der Waals surface area contributed by atoms with E-state index in [0.29, 0.717) is 12.4 Å². The van der Waals surface area contributed by atoms with Gasteiger partial charge in [0.05, 0.1) is 17.1 Å². The first-order chi connectivity index (χ1) is 9.60. The molecule has 2 rings (SSSR count). The topological polar surface area (TPSA) is 100 Å². The van der Waals surface area contributed by atoms with Crippen LogP contribution in [0.15, 0.2) is 12.1 Å². The molecule has 1 aliphatic carbocycles. The lowest BCUT2D eigenvalue weighted by Crippen LogP contribution is -2.39. The van der Waals surface area contributed by atoms with Crippen LogP contribution in [-0.4, -0.2) is 33.7 Å². The third-order valence-corrected chi connectivity index (χ3v) is 3.68. The van der Waals surface area contributed by atoms with Crippen molar-refractivity contribution in [1.82, 2.24) is 4.98 Å².